The Labute approximate surface area is 101 Å². The van der Waals surface area contributed by atoms with Gasteiger partial charge < -0.3 is 10.6 Å². The largest absolute Gasteiger partial charge is 0.327 e. The van der Waals surface area contributed by atoms with E-state index >= 15 is 0 Å². The van der Waals surface area contributed by atoms with Crippen molar-refractivity contribution in [2.75, 3.05) is 19.6 Å². The molecule has 2 heteroatoms. The van der Waals surface area contributed by atoms with Gasteiger partial charge in [-0.05, 0) is 57.0 Å². The molecule has 1 saturated heterocycles. The Morgan fingerprint density at radius 3 is 2.62 bits per heavy atom. The van der Waals surface area contributed by atoms with Crippen LogP contribution in [0.4, 0.5) is 0 Å². The number of likely N-dealkylation sites (tertiary alicyclic amines) is 1. The molecule has 0 bridgehead atoms. The van der Waals surface area contributed by atoms with E-state index in [1.54, 1.807) is 0 Å². The van der Waals surface area contributed by atoms with E-state index in [1.807, 2.05) is 0 Å². The van der Waals surface area contributed by atoms with Crippen LogP contribution in [0.1, 0.15) is 51.9 Å². The Kier molecular flexibility index (Phi) is 4.66. The van der Waals surface area contributed by atoms with E-state index in [2.05, 4.69) is 11.8 Å². The van der Waals surface area contributed by atoms with Crippen molar-refractivity contribution in [1.29, 1.82) is 0 Å². The maximum atomic E-state index is 6.16. The highest BCUT2D eigenvalue weighted by atomic mass is 15.1. The Bertz CT molecular complexity index is 205. The zero-order valence-electron chi connectivity index (χ0n) is 10.8. The number of nitrogens with zero attached hydrogens (tertiary/aromatic N) is 1. The summed E-state index contributed by atoms with van der Waals surface area (Å²) in [5.74, 6) is 1.78. The van der Waals surface area contributed by atoms with Gasteiger partial charge in [-0.1, -0.05) is 19.8 Å². The minimum absolute atomic E-state index is 0.491. The Morgan fingerprint density at radius 2 is 1.94 bits per heavy atom. The minimum atomic E-state index is 0.491. The molecule has 1 heterocycles. The molecule has 0 aromatic rings. The fourth-order valence-corrected chi connectivity index (χ4v) is 3.44. The van der Waals surface area contributed by atoms with Crippen LogP contribution in [0, 0.1) is 11.8 Å². The first-order valence-corrected chi connectivity index (χ1v) is 7.27. The molecule has 1 aliphatic heterocycles. The Hall–Kier alpha value is -0.0800. The van der Waals surface area contributed by atoms with Crippen molar-refractivity contribution in [2.24, 2.45) is 17.6 Å². The molecule has 1 aliphatic carbocycles. The van der Waals surface area contributed by atoms with Crippen molar-refractivity contribution in [3.63, 3.8) is 0 Å². The van der Waals surface area contributed by atoms with Gasteiger partial charge in [-0.25, -0.2) is 0 Å². The highest BCUT2D eigenvalue weighted by molar-refractivity contribution is 4.83. The van der Waals surface area contributed by atoms with E-state index in [1.165, 1.54) is 64.6 Å². The fourth-order valence-electron chi connectivity index (χ4n) is 3.44. The van der Waals surface area contributed by atoms with Crippen LogP contribution >= 0.6 is 0 Å². The third-order valence-electron chi connectivity index (χ3n) is 4.73. The first kappa shape index (κ1) is 12.4. The molecule has 1 saturated carbocycles. The van der Waals surface area contributed by atoms with Crippen molar-refractivity contribution in [3.05, 3.63) is 0 Å². The third kappa shape index (κ3) is 3.21. The van der Waals surface area contributed by atoms with Crippen LogP contribution < -0.4 is 5.73 Å². The average molecular weight is 224 g/mol. The molecule has 2 N–H and O–H groups in total. The lowest BCUT2D eigenvalue weighted by Crippen LogP contribution is -2.36. The molecule has 2 aliphatic rings. The summed E-state index contributed by atoms with van der Waals surface area (Å²) < 4.78 is 0. The van der Waals surface area contributed by atoms with Crippen LogP contribution in [-0.2, 0) is 0 Å². The summed E-state index contributed by atoms with van der Waals surface area (Å²) in [5.41, 5.74) is 6.16. The molecule has 3 unspecified atom stereocenters. The molecule has 2 nitrogen and oxygen atoms in total. The van der Waals surface area contributed by atoms with Gasteiger partial charge in [0.25, 0.3) is 0 Å². The van der Waals surface area contributed by atoms with Gasteiger partial charge in [0, 0.05) is 12.6 Å². The summed E-state index contributed by atoms with van der Waals surface area (Å²) in [6, 6.07) is 0.491. The monoisotopic (exact) mass is 224 g/mol. The van der Waals surface area contributed by atoms with Gasteiger partial charge in [0.2, 0.25) is 0 Å². The first-order valence-electron chi connectivity index (χ1n) is 7.27. The summed E-state index contributed by atoms with van der Waals surface area (Å²) in [4.78, 5) is 2.69. The topological polar surface area (TPSA) is 29.3 Å². The zero-order valence-corrected chi connectivity index (χ0v) is 10.8. The van der Waals surface area contributed by atoms with Crippen LogP contribution in [0.15, 0.2) is 0 Å². The number of nitrogens with two attached hydrogens (primary N) is 1. The fraction of sp³-hybridized carbons (Fsp3) is 1.00. The third-order valence-corrected chi connectivity index (χ3v) is 4.73. The van der Waals surface area contributed by atoms with Crippen molar-refractivity contribution in [1.82, 2.24) is 4.90 Å². The lowest BCUT2D eigenvalue weighted by atomic mass is 9.98. The lowest BCUT2D eigenvalue weighted by Gasteiger charge is -2.26. The highest BCUT2D eigenvalue weighted by Gasteiger charge is 2.26. The molecule has 2 rings (SSSR count). The van der Waals surface area contributed by atoms with Crippen LogP contribution in [0.25, 0.3) is 0 Å². The van der Waals surface area contributed by atoms with Crippen LogP contribution in [0.3, 0.4) is 0 Å². The van der Waals surface area contributed by atoms with Crippen LogP contribution in [-0.4, -0.2) is 30.6 Å². The van der Waals surface area contributed by atoms with Crippen molar-refractivity contribution in [2.45, 2.75) is 57.9 Å². The molecule has 16 heavy (non-hydrogen) atoms. The second-order valence-corrected chi connectivity index (χ2v) is 5.86. The summed E-state index contributed by atoms with van der Waals surface area (Å²) in [5, 5.41) is 0. The second kappa shape index (κ2) is 6.02. The predicted octanol–water partition coefficient (Wildman–Crippen LogP) is 2.63. The van der Waals surface area contributed by atoms with Gasteiger partial charge in [0.15, 0.2) is 0 Å². The molecule has 0 radical (unpaired) electrons. The van der Waals surface area contributed by atoms with Crippen molar-refractivity contribution in [3.8, 4) is 0 Å². The number of hydrogen-bond donors (Lipinski definition) is 1. The SMILES string of the molecule is CCC1CCCN(CC2CCCC2N)CC1. The molecule has 0 amide bonds. The molecule has 94 valence electrons. The zero-order chi connectivity index (χ0) is 11.4. The molecule has 3 atom stereocenters. The van der Waals surface area contributed by atoms with Crippen molar-refractivity contribution >= 4 is 0 Å². The molecule has 0 spiro atoms. The predicted molar refractivity (Wildman–Crippen MR) is 69.4 cm³/mol. The normalized spacial score (nSPS) is 37.5. The molecular formula is C14H28N2. The summed E-state index contributed by atoms with van der Waals surface area (Å²) in [7, 11) is 0. The summed E-state index contributed by atoms with van der Waals surface area (Å²) in [6.45, 7) is 6.26. The van der Waals surface area contributed by atoms with Crippen molar-refractivity contribution < 1.29 is 0 Å². The maximum Gasteiger partial charge on any atom is 0.00793 e. The second-order valence-electron chi connectivity index (χ2n) is 5.86. The summed E-state index contributed by atoms with van der Waals surface area (Å²) >= 11 is 0. The molecular weight excluding hydrogens is 196 g/mol. The van der Waals surface area contributed by atoms with E-state index < -0.39 is 0 Å². The van der Waals surface area contributed by atoms with Gasteiger partial charge >= 0.3 is 0 Å². The number of rotatable bonds is 3. The molecule has 0 aromatic carbocycles. The maximum absolute atomic E-state index is 6.16. The van der Waals surface area contributed by atoms with Gasteiger partial charge in [-0.15, -0.1) is 0 Å². The lowest BCUT2D eigenvalue weighted by molar-refractivity contribution is 0.228. The van der Waals surface area contributed by atoms with Gasteiger partial charge in [-0.3, -0.25) is 0 Å². The highest BCUT2D eigenvalue weighted by Crippen LogP contribution is 2.27. The van der Waals surface area contributed by atoms with Crippen LogP contribution in [0.2, 0.25) is 0 Å². The molecule has 0 aromatic heterocycles. The quantitative estimate of drug-likeness (QED) is 0.798. The van der Waals surface area contributed by atoms with Gasteiger partial charge in [0.1, 0.15) is 0 Å². The minimum Gasteiger partial charge on any atom is -0.327 e. The Morgan fingerprint density at radius 1 is 1.06 bits per heavy atom. The van der Waals surface area contributed by atoms with Crippen LogP contribution in [0.5, 0.6) is 0 Å². The Balaban J connectivity index is 1.77. The van der Waals surface area contributed by atoms with E-state index in [0.29, 0.717) is 6.04 Å². The van der Waals surface area contributed by atoms with E-state index in [0.717, 1.165) is 11.8 Å². The average Bonchev–Trinajstić information content (AvgIpc) is 2.56. The van der Waals surface area contributed by atoms with E-state index in [9.17, 15) is 0 Å². The van der Waals surface area contributed by atoms with E-state index in [-0.39, 0.29) is 0 Å². The summed E-state index contributed by atoms with van der Waals surface area (Å²) in [6.07, 6.45) is 9.63. The van der Waals surface area contributed by atoms with E-state index in [4.69, 9.17) is 5.73 Å². The smallest absolute Gasteiger partial charge is 0.00793 e. The first-order chi connectivity index (χ1) is 7.79. The van der Waals surface area contributed by atoms with Gasteiger partial charge in [-0.2, -0.15) is 0 Å². The standard InChI is InChI=1S/C14H28N2/c1-2-12-5-4-9-16(10-8-12)11-13-6-3-7-14(13)15/h12-14H,2-11,15H2,1H3. The molecule has 2 fully saturated rings. The number of hydrogen-bond acceptors (Lipinski definition) is 2. The van der Waals surface area contributed by atoms with Gasteiger partial charge in [0.05, 0.1) is 0 Å².